The van der Waals surface area contributed by atoms with Gasteiger partial charge in [-0.15, -0.1) is 0 Å². The molecule has 0 heterocycles. The molecule has 1 atom stereocenters. The molecule has 1 rings (SSSR count). The Morgan fingerprint density at radius 2 is 2.17 bits per heavy atom. The average molecular weight is 252 g/mol. The van der Waals surface area contributed by atoms with Crippen LogP contribution in [0.1, 0.15) is 20.3 Å². The Hall–Kier alpha value is -2.11. The number of nitro groups is 1. The Morgan fingerprint density at radius 3 is 2.78 bits per heavy atom. The van der Waals surface area contributed by atoms with E-state index in [1.807, 2.05) is 13.8 Å². The van der Waals surface area contributed by atoms with Gasteiger partial charge in [0.25, 0.3) is 5.91 Å². The molecule has 0 unspecified atom stereocenters. The Balaban J connectivity index is 2.58. The zero-order valence-electron chi connectivity index (χ0n) is 10.4. The van der Waals surface area contributed by atoms with Crippen molar-refractivity contribution in [2.45, 2.75) is 26.3 Å². The summed E-state index contributed by atoms with van der Waals surface area (Å²) in [5.74, 6) is -0.190. The molecule has 1 aromatic rings. The second-order valence-corrected chi connectivity index (χ2v) is 3.89. The minimum Gasteiger partial charge on any atom is -0.477 e. The first kappa shape index (κ1) is 14.0. The molecular formula is C12H16N2O4. The van der Waals surface area contributed by atoms with Crippen LogP contribution in [0.25, 0.3) is 0 Å². The van der Waals surface area contributed by atoms with Crippen LogP contribution >= 0.6 is 0 Å². The molecule has 0 aliphatic rings. The summed E-state index contributed by atoms with van der Waals surface area (Å²) >= 11 is 0. The zero-order valence-corrected chi connectivity index (χ0v) is 10.4. The molecule has 0 saturated heterocycles. The van der Waals surface area contributed by atoms with E-state index < -0.39 is 4.92 Å². The Labute approximate surface area is 105 Å². The number of rotatable bonds is 6. The molecule has 6 nitrogen and oxygen atoms in total. The van der Waals surface area contributed by atoms with Gasteiger partial charge in [-0.2, -0.15) is 0 Å². The van der Waals surface area contributed by atoms with Crippen LogP contribution in [0.5, 0.6) is 5.75 Å². The van der Waals surface area contributed by atoms with E-state index in [1.165, 1.54) is 12.1 Å². The van der Waals surface area contributed by atoms with Crippen LogP contribution in [-0.4, -0.2) is 23.5 Å². The summed E-state index contributed by atoms with van der Waals surface area (Å²) in [7, 11) is 0. The van der Waals surface area contributed by atoms with Gasteiger partial charge < -0.3 is 10.1 Å². The lowest BCUT2D eigenvalue weighted by Gasteiger charge is -2.11. The lowest BCUT2D eigenvalue weighted by atomic mass is 10.2. The molecule has 18 heavy (non-hydrogen) atoms. The van der Waals surface area contributed by atoms with Crippen molar-refractivity contribution in [1.29, 1.82) is 0 Å². The molecule has 1 amide bonds. The molecule has 1 N–H and O–H groups in total. The van der Waals surface area contributed by atoms with Crippen molar-refractivity contribution in [1.82, 2.24) is 5.32 Å². The Bertz CT molecular complexity index is 434. The summed E-state index contributed by atoms with van der Waals surface area (Å²) in [5, 5.41) is 13.4. The summed E-state index contributed by atoms with van der Waals surface area (Å²) in [4.78, 5) is 21.6. The maximum absolute atomic E-state index is 11.5. The number of hydrogen-bond donors (Lipinski definition) is 1. The van der Waals surface area contributed by atoms with Gasteiger partial charge in [-0.05, 0) is 19.4 Å². The minimum absolute atomic E-state index is 0.0619. The van der Waals surface area contributed by atoms with Crippen molar-refractivity contribution in [3.8, 4) is 5.75 Å². The second-order valence-electron chi connectivity index (χ2n) is 3.89. The van der Waals surface area contributed by atoms with Gasteiger partial charge in [0.15, 0.2) is 12.4 Å². The molecule has 0 aromatic heterocycles. The van der Waals surface area contributed by atoms with Gasteiger partial charge in [0.2, 0.25) is 0 Å². The monoisotopic (exact) mass is 252 g/mol. The highest BCUT2D eigenvalue weighted by Crippen LogP contribution is 2.25. The molecule has 0 aliphatic carbocycles. The van der Waals surface area contributed by atoms with Crippen molar-refractivity contribution in [3.63, 3.8) is 0 Å². The third-order valence-electron chi connectivity index (χ3n) is 2.44. The van der Waals surface area contributed by atoms with Gasteiger partial charge in [-0.25, -0.2) is 0 Å². The van der Waals surface area contributed by atoms with E-state index in [9.17, 15) is 14.9 Å². The number of carbonyl (C=O) groups is 1. The number of para-hydroxylation sites is 2. The normalized spacial score (nSPS) is 11.7. The third kappa shape index (κ3) is 4.04. The highest BCUT2D eigenvalue weighted by Gasteiger charge is 2.15. The first-order valence-corrected chi connectivity index (χ1v) is 5.70. The third-order valence-corrected chi connectivity index (χ3v) is 2.44. The fourth-order valence-corrected chi connectivity index (χ4v) is 1.29. The first-order chi connectivity index (χ1) is 8.54. The summed E-state index contributed by atoms with van der Waals surface area (Å²) in [6.07, 6.45) is 0.817. The number of benzene rings is 1. The van der Waals surface area contributed by atoms with Crippen LogP contribution in [0.2, 0.25) is 0 Å². The fourth-order valence-electron chi connectivity index (χ4n) is 1.29. The number of hydrogen-bond acceptors (Lipinski definition) is 4. The Morgan fingerprint density at radius 1 is 1.50 bits per heavy atom. The topological polar surface area (TPSA) is 81.5 Å². The summed E-state index contributed by atoms with van der Waals surface area (Å²) in [6.45, 7) is 3.60. The van der Waals surface area contributed by atoms with E-state index in [0.29, 0.717) is 0 Å². The Kier molecular flexibility index (Phi) is 5.10. The maximum atomic E-state index is 11.5. The van der Waals surface area contributed by atoms with E-state index in [2.05, 4.69) is 5.32 Å². The van der Waals surface area contributed by atoms with Gasteiger partial charge in [0.1, 0.15) is 0 Å². The lowest BCUT2D eigenvalue weighted by Crippen LogP contribution is -2.35. The average Bonchev–Trinajstić information content (AvgIpc) is 2.36. The summed E-state index contributed by atoms with van der Waals surface area (Å²) in [5.41, 5.74) is -0.145. The smallest absolute Gasteiger partial charge is 0.310 e. The number of nitrogens with one attached hydrogen (secondary N) is 1. The van der Waals surface area contributed by atoms with Crippen LogP contribution < -0.4 is 10.1 Å². The molecule has 1 aromatic carbocycles. The molecular weight excluding hydrogens is 236 g/mol. The van der Waals surface area contributed by atoms with Crippen LogP contribution in [0.3, 0.4) is 0 Å². The van der Waals surface area contributed by atoms with Crippen LogP contribution in [0.15, 0.2) is 24.3 Å². The number of nitro benzene ring substituents is 1. The standard InChI is InChI=1S/C12H16N2O4/c1-3-9(2)13-12(15)8-18-11-7-5-4-6-10(11)14(16)17/h4-7,9H,3,8H2,1-2H3,(H,13,15)/t9-/m1/s1. The van der Waals surface area contributed by atoms with Gasteiger partial charge in [-0.1, -0.05) is 19.1 Å². The highest BCUT2D eigenvalue weighted by atomic mass is 16.6. The van der Waals surface area contributed by atoms with Crippen molar-refractivity contribution in [2.75, 3.05) is 6.61 Å². The van der Waals surface area contributed by atoms with Crippen LogP contribution in [0, 0.1) is 10.1 Å². The lowest BCUT2D eigenvalue weighted by molar-refractivity contribution is -0.385. The summed E-state index contributed by atoms with van der Waals surface area (Å²) < 4.78 is 5.15. The van der Waals surface area contributed by atoms with Gasteiger partial charge in [-0.3, -0.25) is 14.9 Å². The number of amides is 1. The number of nitrogens with zero attached hydrogens (tertiary/aromatic N) is 1. The molecule has 0 bridgehead atoms. The predicted octanol–water partition coefficient (Wildman–Crippen LogP) is 1.89. The van der Waals surface area contributed by atoms with E-state index in [0.717, 1.165) is 6.42 Å². The first-order valence-electron chi connectivity index (χ1n) is 5.70. The van der Waals surface area contributed by atoms with Crippen molar-refractivity contribution in [2.24, 2.45) is 0 Å². The molecule has 0 spiro atoms. The second kappa shape index (κ2) is 6.58. The molecule has 98 valence electrons. The van der Waals surface area contributed by atoms with Gasteiger partial charge in [0, 0.05) is 12.1 Å². The van der Waals surface area contributed by atoms with Crippen LogP contribution in [0.4, 0.5) is 5.69 Å². The van der Waals surface area contributed by atoms with E-state index >= 15 is 0 Å². The quantitative estimate of drug-likeness (QED) is 0.619. The van der Waals surface area contributed by atoms with Crippen molar-refractivity contribution < 1.29 is 14.5 Å². The largest absolute Gasteiger partial charge is 0.477 e. The number of carbonyl (C=O) groups excluding carboxylic acids is 1. The molecule has 0 radical (unpaired) electrons. The van der Waals surface area contributed by atoms with Gasteiger partial charge >= 0.3 is 5.69 Å². The molecule has 0 saturated carbocycles. The van der Waals surface area contributed by atoms with E-state index in [-0.39, 0.29) is 30.0 Å². The predicted molar refractivity (Wildman–Crippen MR) is 66.5 cm³/mol. The van der Waals surface area contributed by atoms with Crippen molar-refractivity contribution in [3.05, 3.63) is 34.4 Å². The van der Waals surface area contributed by atoms with E-state index in [4.69, 9.17) is 4.74 Å². The SMILES string of the molecule is CC[C@@H](C)NC(=O)COc1ccccc1[N+](=O)[O-]. The molecule has 0 aliphatic heterocycles. The highest BCUT2D eigenvalue weighted by molar-refractivity contribution is 5.77. The number of ether oxygens (including phenoxy) is 1. The van der Waals surface area contributed by atoms with Crippen LogP contribution in [-0.2, 0) is 4.79 Å². The molecule has 6 heteroatoms. The minimum atomic E-state index is -0.540. The zero-order chi connectivity index (χ0) is 13.5. The summed E-state index contributed by atoms with van der Waals surface area (Å²) in [6, 6.07) is 6.03. The fraction of sp³-hybridized carbons (Fsp3) is 0.417. The maximum Gasteiger partial charge on any atom is 0.310 e. The van der Waals surface area contributed by atoms with Gasteiger partial charge in [0.05, 0.1) is 4.92 Å². The van der Waals surface area contributed by atoms with E-state index in [1.54, 1.807) is 12.1 Å². The van der Waals surface area contributed by atoms with Crippen molar-refractivity contribution >= 4 is 11.6 Å². The molecule has 0 fully saturated rings.